The van der Waals surface area contributed by atoms with Crippen LogP contribution in [0.25, 0.3) is 0 Å². The maximum atomic E-state index is 6.06. The molecule has 2 aromatic heterocycles. The molecule has 0 aliphatic carbocycles. The number of aromatic nitrogens is 4. The molecule has 2 N–H and O–H groups in total. The van der Waals surface area contributed by atoms with Crippen LogP contribution < -0.4 is 5.73 Å². The van der Waals surface area contributed by atoms with E-state index >= 15 is 0 Å². The Labute approximate surface area is 131 Å². The third-order valence-electron chi connectivity index (χ3n) is 2.68. The topological polar surface area (TPSA) is 69.6 Å². The third-order valence-corrected chi connectivity index (χ3v) is 4.21. The Morgan fingerprint density at radius 1 is 1.30 bits per heavy atom. The highest BCUT2D eigenvalue weighted by Crippen LogP contribution is 2.27. The molecule has 8 heteroatoms. The van der Waals surface area contributed by atoms with Crippen LogP contribution >= 0.6 is 35.0 Å². The van der Waals surface area contributed by atoms with Gasteiger partial charge in [-0.15, -0.1) is 10.2 Å². The predicted molar refractivity (Wildman–Crippen MR) is 82.1 cm³/mol. The van der Waals surface area contributed by atoms with Gasteiger partial charge in [0.1, 0.15) is 16.1 Å². The average molecular weight is 332 g/mol. The quantitative estimate of drug-likeness (QED) is 0.672. The molecule has 0 amide bonds. The normalized spacial score (nSPS) is 11.3. The number of thioether (sulfide) groups is 1. The van der Waals surface area contributed by atoms with Crippen molar-refractivity contribution >= 4 is 35.0 Å². The monoisotopic (exact) mass is 331 g/mol. The van der Waals surface area contributed by atoms with E-state index < -0.39 is 0 Å². The smallest absolute Gasteiger partial charge is 0.191 e. The van der Waals surface area contributed by atoms with E-state index in [1.807, 2.05) is 10.6 Å². The van der Waals surface area contributed by atoms with Crippen LogP contribution in [0.4, 0.5) is 0 Å². The zero-order chi connectivity index (χ0) is 14.7. The Kier molecular flexibility index (Phi) is 5.26. The second-order valence-electron chi connectivity index (χ2n) is 4.44. The Balaban J connectivity index is 2.17. The molecule has 0 aliphatic rings. The van der Waals surface area contributed by atoms with Gasteiger partial charge in [-0.05, 0) is 25.5 Å². The maximum Gasteiger partial charge on any atom is 0.191 e. The lowest BCUT2D eigenvalue weighted by Gasteiger charge is -2.12. The van der Waals surface area contributed by atoms with Crippen molar-refractivity contribution in [2.75, 3.05) is 0 Å². The van der Waals surface area contributed by atoms with E-state index in [1.165, 1.54) is 0 Å². The van der Waals surface area contributed by atoms with Crippen LogP contribution in [0.2, 0.25) is 10.3 Å². The Bertz CT molecular complexity index is 600. The van der Waals surface area contributed by atoms with Crippen LogP contribution in [0, 0.1) is 0 Å². The van der Waals surface area contributed by atoms with Crippen molar-refractivity contribution in [3.63, 3.8) is 0 Å². The molecule has 5 nitrogen and oxygen atoms in total. The Morgan fingerprint density at radius 2 is 2.05 bits per heavy atom. The minimum Gasteiger partial charge on any atom is -0.324 e. The summed E-state index contributed by atoms with van der Waals surface area (Å²) in [6.07, 6.45) is 0. The van der Waals surface area contributed by atoms with Crippen LogP contribution in [0.15, 0.2) is 17.3 Å². The van der Waals surface area contributed by atoms with Crippen LogP contribution in [-0.4, -0.2) is 19.7 Å². The van der Waals surface area contributed by atoms with E-state index in [4.69, 9.17) is 28.9 Å². The molecule has 2 heterocycles. The van der Waals surface area contributed by atoms with Gasteiger partial charge in [-0.25, -0.2) is 4.98 Å². The Morgan fingerprint density at radius 3 is 2.65 bits per heavy atom. The molecular weight excluding hydrogens is 317 g/mol. The first-order valence-electron chi connectivity index (χ1n) is 6.10. The lowest BCUT2D eigenvalue weighted by atomic mass is 10.3. The minimum atomic E-state index is 0.255. The predicted octanol–water partition coefficient (Wildman–Crippen LogP) is 3.31. The summed E-state index contributed by atoms with van der Waals surface area (Å²) in [5.41, 5.74) is 6.58. The highest BCUT2D eigenvalue weighted by molar-refractivity contribution is 7.98. The van der Waals surface area contributed by atoms with Gasteiger partial charge < -0.3 is 10.3 Å². The van der Waals surface area contributed by atoms with Crippen molar-refractivity contribution < 1.29 is 0 Å². The van der Waals surface area contributed by atoms with Crippen molar-refractivity contribution in [2.45, 2.75) is 37.3 Å². The zero-order valence-electron chi connectivity index (χ0n) is 11.2. The van der Waals surface area contributed by atoms with Crippen molar-refractivity contribution in [3.05, 3.63) is 33.8 Å². The summed E-state index contributed by atoms with van der Waals surface area (Å²) in [4.78, 5) is 4.02. The molecular formula is C12H15Cl2N5S. The van der Waals surface area contributed by atoms with E-state index in [2.05, 4.69) is 29.0 Å². The van der Waals surface area contributed by atoms with Crippen LogP contribution in [0.1, 0.15) is 31.3 Å². The van der Waals surface area contributed by atoms with E-state index in [0.29, 0.717) is 22.6 Å². The first-order valence-corrected chi connectivity index (χ1v) is 7.84. The second-order valence-corrected chi connectivity index (χ2v) is 6.13. The van der Waals surface area contributed by atoms with Crippen molar-refractivity contribution in [3.8, 4) is 0 Å². The fraction of sp³-hybridized carbons (Fsp3) is 0.417. The van der Waals surface area contributed by atoms with Gasteiger partial charge in [0.15, 0.2) is 5.16 Å². The van der Waals surface area contributed by atoms with Gasteiger partial charge in [-0.3, -0.25) is 0 Å². The second kappa shape index (κ2) is 6.76. The first kappa shape index (κ1) is 15.6. The standard InChI is InChI=1S/C12H15Cl2N5S/c1-7(2)19-10(5-15)17-18-12(19)20-6-8-3-4-9(13)16-11(8)14/h3-4,7H,5-6,15H2,1-2H3. The fourth-order valence-corrected chi connectivity index (χ4v) is 3.32. The van der Waals surface area contributed by atoms with Gasteiger partial charge in [-0.1, -0.05) is 41.0 Å². The summed E-state index contributed by atoms with van der Waals surface area (Å²) < 4.78 is 2.03. The van der Waals surface area contributed by atoms with Gasteiger partial charge in [0.05, 0.1) is 6.54 Å². The molecule has 0 radical (unpaired) electrons. The fourth-order valence-electron chi connectivity index (χ4n) is 1.75. The zero-order valence-corrected chi connectivity index (χ0v) is 13.5. The first-order chi connectivity index (χ1) is 9.52. The van der Waals surface area contributed by atoms with Crippen molar-refractivity contribution in [1.82, 2.24) is 19.7 Å². The largest absolute Gasteiger partial charge is 0.324 e. The minimum absolute atomic E-state index is 0.255. The molecule has 0 aromatic carbocycles. The van der Waals surface area contributed by atoms with Crippen molar-refractivity contribution in [1.29, 1.82) is 0 Å². The summed E-state index contributed by atoms with van der Waals surface area (Å²) in [7, 11) is 0. The lowest BCUT2D eigenvalue weighted by molar-refractivity contribution is 0.526. The molecule has 2 aromatic rings. The highest BCUT2D eigenvalue weighted by atomic mass is 35.5. The molecule has 0 saturated heterocycles. The van der Waals surface area contributed by atoms with E-state index in [1.54, 1.807) is 17.8 Å². The van der Waals surface area contributed by atoms with Gasteiger partial charge in [0.25, 0.3) is 0 Å². The molecule has 20 heavy (non-hydrogen) atoms. The maximum absolute atomic E-state index is 6.06. The van der Waals surface area contributed by atoms with Crippen molar-refractivity contribution in [2.24, 2.45) is 5.73 Å². The summed E-state index contributed by atoms with van der Waals surface area (Å²) in [5.74, 6) is 1.43. The number of hydrogen-bond donors (Lipinski definition) is 1. The highest BCUT2D eigenvalue weighted by Gasteiger charge is 2.15. The van der Waals surface area contributed by atoms with Crippen LogP contribution in [0.5, 0.6) is 0 Å². The number of hydrogen-bond acceptors (Lipinski definition) is 5. The lowest BCUT2D eigenvalue weighted by Crippen LogP contribution is -2.11. The summed E-state index contributed by atoms with van der Waals surface area (Å²) in [6, 6.07) is 3.84. The molecule has 0 bridgehead atoms. The summed E-state index contributed by atoms with van der Waals surface area (Å²) in [5, 5.41) is 9.91. The number of halogens is 2. The number of pyridine rings is 1. The summed E-state index contributed by atoms with van der Waals surface area (Å²) in [6.45, 7) is 4.52. The average Bonchev–Trinajstić information content (AvgIpc) is 2.80. The molecule has 0 aliphatic heterocycles. The molecule has 0 unspecified atom stereocenters. The number of nitrogens with zero attached hydrogens (tertiary/aromatic N) is 4. The van der Waals surface area contributed by atoms with E-state index in [0.717, 1.165) is 16.5 Å². The molecule has 0 spiro atoms. The molecule has 0 atom stereocenters. The molecule has 2 rings (SSSR count). The number of rotatable bonds is 5. The van der Waals surface area contributed by atoms with Gasteiger partial charge >= 0.3 is 0 Å². The van der Waals surface area contributed by atoms with E-state index in [-0.39, 0.29) is 6.04 Å². The molecule has 108 valence electrons. The van der Waals surface area contributed by atoms with E-state index in [9.17, 15) is 0 Å². The number of nitrogens with two attached hydrogens (primary N) is 1. The van der Waals surface area contributed by atoms with Gasteiger partial charge in [0.2, 0.25) is 0 Å². The SMILES string of the molecule is CC(C)n1c(CN)nnc1SCc1ccc(Cl)nc1Cl. The molecule has 0 fully saturated rings. The Hall–Kier alpha value is -0.820. The van der Waals surface area contributed by atoms with Gasteiger partial charge in [0, 0.05) is 11.8 Å². The van der Waals surface area contributed by atoms with Crippen LogP contribution in [-0.2, 0) is 12.3 Å². The summed E-state index contributed by atoms with van der Waals surface area (Å²) >= 11 is 13.4. The third kappa shape index (κ3) is 3.44. The van der Waals surface area contributed by atoms with Gasteiger partial charge in [-0.2, -0.15) is 0 Å². The molecule has 0 saturated carbocycles. The van der Waals surface area contributed by atoms with Crippen LogP contribution in [0.3, 0.4) is 0 Å².